The van der Waals surface area contributed by atoms with Crippen LogP contribution in [-0.2, 0) is 15.1 Å². The van der Waals surface area contributed by atoms with Gasteiger partial charge in [-0.3, -0.25) is 9.59 Å². The van der Waals surface area contributed by atoms with Crippen LogP contribution in [0.5, 0.6) is 0 Å². The van der Waals surface area contributed by atoms with Gasteiger partial charge in [0.15, 0.2) is 0 Å². The molecule has 1 heterocycles. The maximum absolute atomic E-state index is 13.5. The summed E-state index contributed by atoms with van der Waals surface area (Å²) in [7, 11) is 1.26. The third kappa shape index (κ3) is 5.37. The molecule has 2 aromatic carbocycles. The minimum absolute atomic E-state index is 0.198. The zero-order valence-electron chi connectivity index (χ0n) is 20.8. The number of benzene rings is 2. The van der Waals surface area contributed by atoms with Crippen molar-refractivity contribution in [1.29, 1.82) is 0 Å². The lowest BCUT2D eigenvalue weighted by molar-refractivity contribution is -0.155. The second-order valence-corrected chi connectivity index (χ2v) is 10.0. The highest BCUT2D eigenvalue weighted by atomic mass is 19.1. The lowest BCUT2D eigenvalue weighted by Gasteiger charge is -2.51. The number of hydrogen-bond donors (Lipinski definition) is 2. The molecule has 35 heavy (non-hydrogen) atoms. The number of nitrogens with zero attached hydrogens (tertiary/aromatic N) is 1. The SMILES string of the molecule is COC(=O)c1cccc(C(=O)N[C@@H](C(=O)N2CCC(O)(c3ccc(F)cc3)C(C)(C)C2)C(C)C)c1. The van der Waals surface area contributed by atoms with Gasteiger partial charge < -0.3 is 20.1 Å². The average Bonchev–Trinajstić information content (AvgIpc) is 2.83. The van der Waals surface area contributed by atoms with Gasteiger partial charge in [0.2, 0.25) is 5.91 Å². The summed E-state index contributed by atoms with van der Waals surface area (Å²) >= 11 is 0. The normalized spacial score (nSPS) is 20.3. The maximum atomic E-state index is 13.5. The van der Waals surface area contributed by atoms with E-state index in [9.17, 15) is 23.9 Å². The van der Waals surface area contributed by atoms with E-state index in [-0.39, 0.29) is 48.3 Å². The van der Waals surface area contributed by atoms with Crippen LogP contribution in [0, 0.1) is 17.2 Å². The lowest BCUT2D eigenvalue weighted by Crippen LogP contribution is -2.60. The van der Waals surface area contributed by atoms with Crippen molar-refractivity contribution in [3.05, 3.63) is 71.0 Å². The van der Waals surface area contributed by atoms with Crippen molar-refractivity contribution in [3.8, 4) is 0 Å². The zero-order valence-corrected chi connectivity index (χ0v) is 20.8. The van der Waals surface area contributed by atoms with Gasteiger partial charge in [-0.15, -0.1) is 0 Å². The molecule has 1 aliphatic heterocycles. The average molecular weight is 485 g/mol. The summed E-state index contributed by atoms with van der Waals surface area (Å²) in [5.41, 5.74) is -0.863. The molecule has 0 aliphatic carbocycles. The van der Waals surface area contributed by atoms with Crippen LogP contribution in [0.15, 0.2) is 48.5 Å². The van der Waals surface area contributed by atoms with Crippen molar-refractivity contribution in [1.82, 2.24) is 10.2 Å². The number of rotatable bonds is 6. The molecule has 2 atom stereocenters. The predicted molar refractivity (Wildman–Crippen MR) is 129 cm³/mol. The van der Waals surface area contributed by atoms with Crippen LogP contribution in [0.4, 0.5) is 4.39 Å². The number of carbonyl (C=O) groups is 3. The van der Waals surface area contributed by atoms with E-state index in [4.69, 9.17) is 4.74 Å². The molecule has 7 nitrogen and oxygen atoms in total. The van der Waals surface area contributed by atoms with E-state index >= 15 is 0 Å². The van der Waals surface area contributed by atoms with Crippen LogP contribution in [-0.4, -0.2) is 54.0 Å². The van der Waals surface area contributed by atoms with Crippen LogP contribution in [0.3, 0.4) is 0 Å². The third-order valence-corrected chi connectivity index (χ3v) is 6.85. The largest absolute Gasteiger partial charge is 0.465 e. The molecule has 0 radical (unpaired) electrons. The van der Waals surface area contributed by atoms with Gasteiger partial charge in [-0.25, -0.2) is 9.18 Å². The quantitative estimate of drug-likeness (QED) is 0.612. The molecule has 1 aliphatic rings. The molecular formula is C27H33FN2O5. The Morgan fingerprint density at radius 2 is 1.71 bits per heavy atom. The number of amides is 2. The fourth-order valence-electron chi connectivity index (χ4n) is 4.61. The lowest BCUT2D eigenvalue weighted by atomic mass is 9.66. The fraction of sp³-hybridized carbons (Fsp3) is 0.444. The first-order valence-corrected chi connectivity index (χ1v) is 11.7. The molecule has 8 heteroatoms. The second-order valence-electron chi connectivity index (χ2n) is 10.0. The number of ether oxygens (including phenoxy) is 1. The molecule has 1 saturated heterocycles. The molecular weight excluding hydrogens is 451 g/mol. The third-order valence-electron chi connectivity index (χ3n) is 6.85. The molecule has 0 saturated carbocycles. The van der Waals surface area contributed by atoms with Gasteiger partial charge >= 0.3 is 5.97 Å². The van der Waals surface area contributed by atoms with E-state index in [1.165, 1.54) is 25.3 Å². The summed E-state index contributed by atoms with van der Waals surface area (Å²) < 4.78 is 18.1. The van der Waals surface area contributed by atoms with Gasteiger partial charge in [0.1, 0.15) is 11.9 Å². The smallest absolute Gasteiger partial charge is 0.337 e. The Balaban J connectivity index is 1.77. The summed E-state index contributed by atoms with van der Waals surface area (Å²) in [5.74, 6) is -1.85. The highest BCUT2D eigenvalue weighted by Crippen LogP contribution is 2.46. The van der Waals surface area contributed by atoms with Gasteiger partial charge in [0.05, 0.1) is 18.3 Å². The van der Waals surface area contributed by atoms with Gasteiger partial charge in [0.25, 0.3) is 5.91 Å². The zero-order chi connectivity index (χ0) is 26.0. The highest BCUT2D eigenvalue weighted by Gasteiger charge is 2.50. The van der Waals surface area contributed by atoms with Crippen molar-refractivity contribution in [3.63, 3.8) is 0 Å². The van der Waals surface area contributed by atoms with E-state index in [1.807, 2.05) is 27.7 Å². The van der Waals surface area contributed by atoms with Crippen molar-refractivity contribution >= 4 is 17.8 Å². The van der Waals surface area contributed by atoms with Crippen molar-refractivity contribution < 1.29 is 28.6 Å². The van der Waals surface area contributed by atoms with Crippen molar-refractivity contribution in [2.24, 2.45) is 11.3 Å². The van der Waals surface area contributed by atoms with Gasteiger partial charge in [-0.2, -0.15) is 0 Å². The molecule has 0 spiro atoms. The molecule has 188 valence electrons. The Labute approximate surface area is 205 Å². The Hall–Kier alpha value is -3.26. The molecule has 2 amide bonds. The molecule has 1 fully saturated rings. The summed E-state index contributed by atoms with van der Waals surface area (Å²) in [6.07, 6.45) is 0.275. The number of carbonyl (C=O) groups excluding carboxylic acids is 3. The summed E-state index contributed by atoms with van der Waals surface area (Å²) in [6.45, 7) is 7.98. The Bertz CT molecular complexity index is 1100. The van der Waals surface area contributed by atoms with E-state index in [1.54, 1.807) is 35.2 Å². The number of methoxy groups -OCH3 is 1. The van der Waals surface area contributed by atoms with Crippen LogP contribution >= 0.6 is 0 Å². The molecule has 2 N–H and O–H groups in total. The number of esters is 1. The molecule has 2 aromatic rings. The highest BCUT2D eigenvalue weighted by molar-refractivity contribution is 6.00. The number of halogens is 1. The van der Waals surface area contributed by atoms with Crippen LogP contribution in [0.1, 0.15) is 60.4 Å². The van der Waals surface area contributed by atoms with E-state index < -0.39 is 28.9 Å². The monoisotopic (exact) mass is 484 g/mol. The van der Waals surface area contributed by atoms with Gasteiger partial charge in [-0.1, -0.05) is 45.9 Å². The minimum Gasteiger partial charge on any atom is -0.465 e. The second kappa shape index (κ2) is 10.2. The van der Waals surface area contributed by atoms with Gasteiger partial charge in [0, 0.05) is 24.1 Å². The first-order valence-electron chi connectivity index (χ1n) is 11.7. The molecule has 0 bridgehead atoms. The molecule has 3 rings (SSSR count). The Morgan fingerprint density at radius 1 is 1.09 bits per heavy atom. The minimum atomic E-state index is -1.23. The van der Waals surface area contributed by atoms with Crippen LogP contribution in [0.2, 0.25) is 0 Å². The Kier molecular flexibility index (Phi) is 7.65. The van der Waals surface area contributed by atoms with Crippen LogP contribution in [0.25, 0.3) is 0 Å². The first kappa shape index (κ1) is 26.3. The number of nitrogens with one attached hydrogen (secondary N) is 1. The first-order chi connectivity index (χ1) is 16.4. The fourth-order valence-corrected chi connectivity index (χ4v) is 4.61. The molecule has 0 aromatic heterocycles. The van der Waals surface area contributed by atoms with Gasteiger partial charge in [-0.05, 0) is 48.2 Å². The number of piperidine rings is 1. The number of aliphatic hydroxyl groups is 1. The van der Waals surface area contributed by atoms with E-state index in [0.717, 1.165) is 0 Å². The van der Waals surface area contributed by atoms with Crippen molar-refractivity contribution in [2.45, 2.75) is 45.8 Å². The summed E-state index contributed by atoms with van der Waals surface area (Å²) in [5, 5.41) is 14.3. The predicted octanol–water partition coefficient (Wildman–Crippen LogP) is 3.51. The van der Waals surface area contributed by atoms with Crippen molar-refractivity contribution in [2.75, 3.05) is 20.2 Å². The number of hydrogen-bond acceptors (Lipinski definition) is 5. The standard InChI is InChI=1S/C27H33FN2O5/c1-17(2)22(29-23(31)18-7-6-8-19(15-18)25(33)35-5)24(32)30-14-13-27(34,26(3,4)16-30)20-9-11-21(28)12-10-20/h6-12,15,17,22,34H,13-14,16H2,1-5H3,(H,29,31)/t22-,27?/m1/s1. The van der Waals surface area contributed by atoms with E-state index in [0.29, 0.717) is 5.56 Å². The summed E-state index contributed by atoms with van der Waals surface area (Å²) in [6, 6.07) is 11.1. The van der Waals surface area contributed by atoms with E-state index in [2.05, 4.69) is 5.32 Å². The molecule has 1 unspecified atom stereocenters. The number of likely N-dealkylation sites (tertiary alicyclic amines) is 1. The maximum Gasteiger partial charge on any atom is 0.337 e. The van der Waals surface area contributed by atoms with Crippen LogP contribution < -0.4 is 5.32 Å². The Morgan fingerprint density at radius 3 is 2.29 bits per heavy atom. The summed E-state index contributed by atoms with van der Waals surface area (Å²) in [4.78, 5) is 39.9. The topological polar surface area (TPSA) is 95.9 Å².